The molecule has 0 radical (unpaired) electrons. The highest BCUT2D eigenvalue weighted by molar-refractivity contribution is 7.99. The molecule has 106 valence electrons. The molecule has 0 unspecified atom stereocenters. The predicted molar refractivity (Wildman–Crippen MR) is 77.9 cm³/mol. The van der Waals surface area contributed by atoms with Gasteiger partial charge in [-0.15, -0.1) is 0 Å². The van der Waals surface area contributed by atoms with E-state index in [2.05, 4.69) is 0 Å². The fraction of sp³-hybridized carbons (Fsp3) is 0.467. The molecule has 1 spiro atoms. The van der Waals surface area contributed by atoms with Gasteiger partial charge in [-0.2, -0.15) is 11.8 Å². The van der Waals surface area contributed by atoms with Crippen molar-refractivity contribution in [2.75, 3.05) is 25.1 Å². The number of fused-ring (bicyclic) bond motifs is 2. The van der Waals surface area contributed by atoms with E-state index >= 15 is 0 Å². The fourth-order valence-electron chi connectivity index (χ4n) is 2.89. The molecule has 0 N–H and O–H groups in total. The van der Waals surface area contributed by atoms with E-state index in [0.717, 1.165) is 16.7 Å². The first-order chi connectivity index (χ1) is 9.55. The summed E-state index contributed by atoms with van der Waals surface area (Å²) in [6.07, 6.45) is 1.93. The van der Waals surface area contributed by atoms with Gasteiger partial charge in [-0.1, -0.05) is 12.1 Å². The minimum Gasteiger partial charge on any atom is -0.362 e. The van der Waals surface area contributed by atoms with Crippen LogP contribution in [0.4, 0.5) is 0 Å². The van der Waals surface area contributed by atoms with Crippen molar-refractivity contribution >= 4 is 23.5 Å². The Morgan fingerprint density at radius 2 is 2.15 bits per heavy atom. The second-order valence-electron chi connectivity index (χ2n) is 5.39. The van der Waals surface area contributed by atoms with Gasteiger partial charge in [-0.3, -0.25) is 9.59 Å². The molecular formula is C15H17NO3S. The van der Waals surface area contributed by atoms with Gasteiger partial charge in [-0.25, -0.2) is 0 Å². The van der Waals surface area contributed by atoms with Crippen LogP contribution in [0, 0.1) is 0 Å². The second kappa shape index (κ2) is 4.90. The number of carbonyl (C=O) groups excluding carboxylic acids is 2. The lowest BCUT2D eigenvalue weighted by atomic mass is 9.84. The number of rotatable bonds is 3. The third kappa shape index (κ3) is 2.05. The van der Waals surface area contributed by atoms with E-state index in [9.17, 15) is 9.59 Å². The number of hydrogen-bond donors (Lipinski definition) is 0. The monoisotopic (exact) mass is 291 g/mol. The summed E-state index contributed by atoms with van der Waals surface area (Å²) < 4.78 is 5.93. The number of Topliss-reactive ketones (excluding diaryl/α,β-unsaturated/α-hetero) is 1. The molecule has 1 aromatic carbocycles. The van der Waals surface area contributed by atoms with E-state index in [-0.39, 0.29) is 17.3 Å². The van der Waals surface area contributed by atoms with Crippen LogP contribution in [0.3, 0.4) is 0 Å². The van der Waals surface area contributed by atoms with Crippen LogP contribution in [0.25, 0.3) is 0 Å². The molecule has 4 nitrogen and oxygen atoms in total. The highest BCUT2D eigenvalue weighted by Crippen LogP contribution is 2.43. The summed E-state index contributed by atoms with van der Waals surface area (Å²) in [5, 5.41) is 0. The molecule has 2 aliphatic rings. The van der Waals surface area contributed by atoms with E-state index in [4.69, 9.17) is 4.74 Å². The lowest BCUT2D eigenvalue weighted by molar-refractivity contribution is -0.166. The molecule has 1 aromatic rings. The van der Waals surface area contributed by atoms with Crippen LogP contribution in [0.2, 0.25) is 0 Å². The number of likely N-dealkylation sites (tertiary alicyclic amines) is 1. The molecule has 1 saturated heterocycles. The minimum absolute atomic E-state index is 0.0686. The Bertz CT molecular complexity index is 578. The highest BCUT2D eigenvalue weighted by atomic mass is 32.2. The Balaban J connectivity index is 1.78. The van der Waals surface area contributed by atoms with Gasteiger partial charge in [0.05, 0.1) is 25.4 Å². The van der Waals surface area contributed by atoms with Crippen molar-refractivity contribution in [3.8, 4) is 0 Å². The van der Waals surface area contributed by atoms with E-state index in [1.54, 1.807) is 6.92 Å². The van der Waals surface area contributed by atoms with Crippen LogP contribution >= 0.6 is 11.8 Å². The first kappa shape index (κ1) is 13.6. The van der Waals surface area contributed by atoms with Crippen molar-refractivity contribution in [1.29, 1.82) is 0 Å². The molecule has 20 heavy (non-hydrogen) atoms. The third-order valence-corrected chi connectivity index (χ3v) is 4.56. The van der Waals surface area contributed by atoms with Crippen molar-refractivity contribution < 1.29 is 14.3 Å². The second-order valence-corrected chi connectivity index (χ2v) is 6.26. The van der Waals surface area contributed by atoms with Crippen LogP contribution < -0.4 is 0 Å². The van der Waals surface area contributed by atoms with E-state index in [1.807, 2.05) is 29.4 Å². The topological polar surface area (TPSA) is 46.6 Å². The van der Waals surface area contributed by atoms with Gasteiger partial charge in [0.15, 0.2) is 5.78 Å². The van der Waals surface area contributed by atoms with Gasteiger partial charge >= 0.3 is 0 Å². The molecule has 3 rings (SSSR count). The summed E-state index contributed by atoms with van der Waals surface area (Å²) in [6, 6.07) is 5.75. The normalized spacial score (nSPS) is 18.8. The first-order valence-corrected chi connectivity index (χ1v) is 8.00. The largest absolute Gasteiger partial charge is 0.362 e. The average Bonchev–Trinajstić information content (AvgIpc) is 2.75. The molecule has 0 aliphatic carbocycles. The van der Waals surface area contributed by atoms with Crippen LogP contribution in [-0.4, -0.2) is 41.7 Å². The molecule has 1 fully saturated rings. The molecule has 0 saturated carbocycles. The standard InChI is InChI=1S/C15H17NO3S/c1-10(17)11-3-4-13-12(5-11)6-19-15(13)8-16(9-15)14(18)7-20-2/h3-5H,6-9H2,1-2H3. The van der Waals surface area contributed by atoms with Crippen molar-refractivity contribution in [2.24, 2.45) is 0 Å². The summed E-state index contributed by atoms with van der Waals surface area (Å²) in [6.45, 7) is 3.35. The zero-order valence-electron chi connectivity index (χ0n) is 11.6. The van der Waals surface area contributed by atoms with Crippen molar-refractivity contribution in [1.82, 2.24) is 4.90 Å². The van der Waals surface area contributed by atoms with E-state index < -0.39 is 0 Å². The number of nitrogens with zero attached hydrogens (tertiary/aromatic N) is 1. The van der Waals surface area contributed by atoms with Crippen LogP contribution in [0.5, 0.6) is 0 Å². The maximum atomic E-state index is 11.8. The maximum absolute atomic E-state index is 11.8. The van der Waals surface area contributed by atoms with Crippen molar-refractivity contribution in [2.45, 2.75) is 19.1 Å². The Morgan fingerprint density at radius 1 is 1.40 bits per heavy atom. The van der Waals surface area contributed by atoms with Gasteiger partial charge in [0.1, 0.15) is 5.60 Å². The Kier molecular flexibility index (Phi) is 3.34. The maximum Gasteiger partial charge on any atom is 0.232 e. The molecule has 0 aromatic heterocycles. The van der Waals surface area contributed by atoms with Crippen LogP contribution in [0.1, 0.15) is 28.4 Å². The first-order valence-electron chi connectivity index (χ1n) is 6.61. The molecule has 0 bridgehead atoms. The SMILES string of the molecule is CSCC(=O)N1CC2(C1)OCc1cc(C(C)=O)ccc12. The molecule has 2 aliphatic heterocycles. The highest BCUT2D eigenvalue weighted by Gasteiger charge is 2.51. The average molecular weight is 291 g/mol. The Morgan fingerprint density at radius 3 is 2.80 bits per heavy atom. The summed E-state index contributed by atoms with van der Waals surface area (Å²) in [7, 11) is 0. The number of ether oxygens (including phenoxy) is 1. The predicted octanol–water partition coefficient (Wildman–Crippen LogP) is 1.82. The quantitative estimate of drug-likeness (QED) is 0.797. The molecule has 2 heterocycles. The Labute approximate surface area is 122 Å². The summed E-state index contributed by atoms with van der Waals surface area (Å²) in [5.74, 6) is 0.756. The number of ketones is 1. The number of hydrogen-bond acceptors (Lipinski definition) is 4. The summed E-state index contributed by atoms with van der Waals surface area (Å²) >= 11 is 1.54. The van der Waals surface area contributed by atoms with Crippen molar-refractivity contribution in [3.63, 3.8) is 0 Å². The lowest BCUT2D eigenvalue weighted by Gasteiger charge is -2.47. The zero-order valence-corrected chi connectivity index (χ0v) is 12.5. The smallest absolute Gasteiger partial charge is 0.232 e. The number of thioether (sulfide) groups is 1. The van der Waals surface area contributed by atoms with Crippen molar-refractivity contribution in [3.05, 3.63) is 34.9 Å². The van der Waals surface area contributed by atoms with E-state index in [1.165, 1.54) is 11.8 Å². The van der Waals surface area contributed by atoms with Crippen LogP contribution in [-0.2, 0) is 21.7 Å². The number of amides is 1. The van der Waals surface area contributed by atoms with Gasteiger partial charge in [0.2, 0.25) is 5.91 Å². The van der Waals surface area contributed by atoms with Crippen LogP contribution in [0.15, 0.2) is 18.2 Å². The molecule has 1 amide bonds. The fourth-order valence-corrected chi connectivity index (χ4v) is 3.32. The summed E-state index contributed by atoms with van der Waals surface area (Å²) in [4.78, 5) is 25.1. The Hall–Kier alpha value is -1.33. The van der Waals surface area contributed by atoms with Gasteiger partial charge < -0.3 is 9.64 Å². The van der Waals surface area contributed by atoms with Gasteiger partial charge in [-0.05, 0) is 30.4 Å². The van der Waals surface area contributed by atoms with E-state index in [0.29, 0.717) is 25.4 Å². The number of benzene rings is 1. The van der Waals surface area contributed by atoms with Gasteiger partial charge in [0.25, 0.3) is 0 Å². The molecule has 0 atom stereocenters. The number of carbonyl (C=O) groups is 2. The molecule has 5 heteroatoms. The minimum atomic E-state index is -0.335. The third-order valence-electron chi connectivity index (χ3n) is 4.02. The van der Waals surface area contributed by atoms with Gasteiger partial charge in [0, 0.05) is 5.56 Å². The molecular weight excluding hydrogens is 274 g/mol. The summed E-state index contributed by atoms with van der Waals surface area (Å²) in [5.41, 5.74) is 2.60. The zero-order chi connectivity index (χ0) is 14.3. The lowest BCUT2D eigenvalue weighted by Crippen LogP contribution is -2.61.